The Labute approximate surface area is 101 Å². The lowest BCUT2D eigenvalue weighted by Crippen LogP contribution is -2.59. The molecule has 0 radical (unpaired) electrons. The normalized spacial score (nSPS) is 17.3. The number of carbonyl (C=O) groups excluding carboxylic acids is 1. The van der Waals surface area contributed by atoms with Crippen molar-refractivity contribution < 1.29 is 9.53 Å². The first kappa shape index (κ1) is 12.0. The zero-order chi connectivity index (χ0) is 12.3. The number of carbonyl (C=O) groups is 1. The molecule has 2 rings (SSSR count). The Morgan fingerprint density at radius 3 is 2.88 bits per heavy atom. The molecule has 92 valence electrons. The Morgan fingerprint density at radius 2 is 2.35 bits per heavy atom. The molecule has 0 unspecified atom stereocenters. The standard InChI is InChI=1S/C12H17N3O2/c1-12(8-13-9-12)17-7-11(16)15(2)10-5-3-4-6-14-10/h3-6,13H,7-9H2,1-2H3. The molecule has 0 aliphatic carbocycles. The van der Waals surface area contributed by atoms with Crippen LogP contribution in [0.5, 0.6) is 0 Å². The van der Waals surface area contributed by atoms with Crippen molar-refractivity contribution in [2.24, 2.45) is 0 Å². The van der Waals surface area contributed by atoms with E-state index in [9.17, 15) is 4.79 Å². The van der Waals surface area contributed by atoms with Crippen LogP contribution in [0.4, 0.5) is 5.82 Å². The minimum atomic E-state index is -0.194. The first-order valence-corrected chi connectivity index (χ1v) is 5.63. The summed E-state index contributed by atoms with van der Waals surface area (Å²) in [5, 5.41) is 3.12. The smallest absolute Gasteiger partial charge is 0.253 e. The molecule has 0 saturated carbocycles. The van der Waals surface area contributed by atoms with Gasteiger partial charge in [-0.2, -0.15) is 0 Å². The number of pyridine rings is 1. The monoisotopic (exact) mass is 235 g/mol. The predicted molar refractivity (Wildman–Crippen MR) is 64.9 cm³/mol. The second-order valence-corrected chi connectivity index (χ2v) is 4.48. The molecule has 2 heterocycles. The van der Waals surface area contributed by atoms with Gasteiger partial charge in [0.05, 0.1) is 5.60 Å². The van der Waals surface area contributed by atoms with E-state index in [0.29, 0.717) is 5.82 Å². The lowest BCUT2D eigenvalue weighted by atomic mass is 10.0. The van der Waals surface area contributed by atoms with Gasteiger partial charge in [0.15, 0.2) is 0 Å². The Kier molecular flexibility index (Phi) is 3.40. The van der Waals surface area contributed by atoms with Gasteiger partial charge in [-0.25, -0.2) is 4.98 Å². The second-order valence-electron chi connectivity index (χ2n) is 4.48. The molecule has 1 aliphatic heterocycles. The third kappa shape index (κ3) is 2.81. The second kappa shape index (κ2) is 4.81. The quantitative estimate of drug-likeness (QED) is 0.822. The molecule has 1 aromatic heterocycles. The highest BCUT2D eigenvalue weighted by Crippen LogP contribution is 2.15. The lowest BCUT2D eigenvalue weighted by molar-refractivity contribution is -0.133. The summed E-state index contributed by atoms with van der Waals surface area (Å²) in [6, 6.07) is 5.47. The van der Waals surface area contributed by atoms with Gasteiger partial charge in [-0.15, -0.1) is 0 Å². The molecule has 0 atom stereocenters. The van der Waals surface area contributed by atoms with Crippen LogP contribution in [0.15, 0.2) is 24.4 Å². The van der Waals surface area contributed by atoms with Crippen molar-refractivity contribution in [2.75, 3.05) is 31.6 Å². The van der Waals surface area contributed by atoms with Crippen molar-refractivity contribution in [3.63, 3.8) is 0 Å². The maximum atomic E-state index is 11.9. The molecule has 1 aromatic rings. The van der Waals surface area contributed by atoms with Crippen LogP contribution < -0.4 is 10.2 Å². The van der Waals surface area contributed by atoms with E-state index in [0.717, 1.165) is 13.1 Å². The molecule has 1 N–H and O–H groups in total. The summed E-state index contributed by atoms with van der Waals surface area (Å²) in [6.45, 7) is 3.68. The van der Waals surface area contributed by atoms with Gasteiger partial charge in [0.2, 0.25) is 0 Å². The van der Waals surface area contributed by atoms with E-state index in [1.54, 1.807) is 19.3 Å². The van der Waals surface area contributed by atoms with Gasteiger partial charge in [-0.05, 0) is 19.1 Å². The number of amides is 1. The van der Waals surface area contributed by atoms with E-state index in [1.165, 1.54) is 4.90 Å². The number of rotatable bonds is 4. The van der Waals surface area contributed by atoms with Crippen LogP contribution in [0, 0.1) is 0 Å². The maximum absolute atomic E-state index is 11.9. The predicted octanol–water partition coefficient (Wildman–Crippen LogP) is 0.423. The molecule has 17 heavy (non-hydrogen) atoms. The molecule has 0 spiro atoms. The van der Waals surface area contributed by atoms with Crippen LogP contribution in [0.3, 0.4) is 0 Å². The molecular formula is C12H17N3O2. The van der Waals surface area contributed by atoms with Crippen molar-refractivity contribution in [1.29, 1.82) is 0 Å². The number of hydrogen-bond acceptors (Lipinski definition) is 4. The molecule has 0 aromatic carbocycles. The highest BCUT2D eigenvalue weighted by atomic mass is 16.5. The van der Waals surface area contributed by atoms with Crippen LogP contribution >= 0.6 is 0 Å². The van der Waals surface area contributed by atoms with E-state index in [4.69, 9.17) is 4.74 Å². The van der Waals surface area contributed by atoms with Crippen molar-refractivity contribution in [1.82, 2.24) is 10.3 Å². The van der Waals surface area contributed by atoms with Crippen LogP contribution in [0.1, 0.15) is 6.92 Å². The molecular weight excluding hydrogens is 218 g/mol. The highest BCUT2D eigenvalue weighted by molar-refractivity contribution is 5.92. The summed E-state index contributed by atoms with van der Waals surface area (Å²) in [5.74, 6) is 0.551. The number of aromatic nitrogens is 1. The van der Waals surface area contributed by atoms with Gasteiger partial charge in [0.1, 0.15) is 12.4 Å². The van der Waals surface area contributed by atoms with E-state index < -0.39 is 0 Å². The van der Waals surface area contributed by atoms with E-state index >= 15 is 0 Å². The first-order chi connectivity index (χ1) is 8.11. The zero-order valence-corrected chi connectivity index (χ0v) is 10.1. The lowest BCUT2D eigenvalue weighted by Gasteiger charge is -2.39. The molecule has 5 heteroatoms. The molecule has 1 saturated heterocycles. The fourth-order valence-electron chi connectivity index (χ4n) is 1.59. The van der Waals surface area contributed by atoms with Gasteiger partial charge in [-0.3, -0.25) is 9.69 Å². The van der Waals surface area contributed by atoms with Crippen LogP contribution in [0.25, 0.3) is 0 Å². The average Bonchev–Trinajstić information content (AvgIpc) is 2.33. The zero-order valence-electron chi connectivity index (χ0n) is 10.1. The van der Waals surface area contributed by atoms with Crippen molar-refractivity contribution in [3.05, 3.63) is 24.4 Å². The minimum Gasteiger partial charge on any atom is -0.363 e. The number of anilines is 1. The fraction of sp³-hybridized carbons (Fsp3) is 0.500. The molecule has 1 aliphatic rings. The van der Waals surface area contributed by atoms with Gasteiger partial charge in [0.25, 0.3) is 5.91 Å². The highest BCUT2D eigenvalue weighted by Gasteiger charge is 2.33. The molecule has 1 fully saturated rings. The maximum Gasteiger partial charge on any atom is 0.253 e. The van der Waals surface area contributed by atoms with E-state index in [1.807, 2.05) is 19.1 Å². The van der Waals surface area contributed by atoms with Crippen LogP contribution in [-0.2, 0) is 9.53 Å². The third-order valence-corrected chi connectivity index (χ3v) is 2.91. The summed E-state index contributed by atoms with van der Waals surface area (Å²) >= 11 is 0. The van der Waals surface area contributed by atoms with Gasteiger partial charge >= 0.3 is 0 Å². The summed E-state index contributed by atoms with van der Waals surface area (Å²) in [6.07, 6.45) is 1.66. The number of hydrogen-bond donors (Lipinski definition) is 1. The topological polar surface area (TPSA) is 54.5 Å². The molecule has 5 nitrogen and oxygen atoms in total. The fourth-order valence-corrected chi connectivity index (χ4v) is 1.59. The van der Waals surface area contributed by atoms with Crippen LogP contribution in [0.2, 0.25) is 0 Å². The van der Waals surface area contributed by atoms with Crippen LogP contribution in [-0.4, -0.2) is 43.2 Å². The van der Waals surface area contributed by atoms with Crippen molar-refractivity contribution in [3.8, 4) is 0 Å². The van der Waals surface area contributed by atoms with Crippen molar-refractivity contribution >= 4 is 11.7 Å². The van der Waals surface area contributed by atoms with E-state index in [2.05, 4.69) is 10.3 Å². The van der Waals surface area contributed by atoms with Gasteiger partial charge < -0.3 is 10.1 Å². The SMILES string of the molecule is CN(C(=O)COC1(C)CNC1)c1ccccn1. The minimum absolute atomic E-state index is 0.0863. The molecule has 1 amide bonds. The third-order valence-electron chi connectivity index (χ3n) is 2.91. The van der Waals surface area contributed by atoms with E-state index in [-0.39, 0.29) is 18.1 Å². The Balaban J connectivity index is 1.87. The Bertz CT molecular complexity index is 390. The van der Waals surface area contributed by atoms with Gasteiger partial charge in [0, 0.05) is 26.3 Å². The first-order valence-electron chi connectivity index (χ1n) is 5.63. The summed E-state index contributed by atoms with van der Waals surface area (Å²) in [7, 11) is 1.70. The Morgan fingerprint density at radius 1 is 1.59 bits per heavy atom. The number of likely N-dealkylation sites (N-methyl/N-ethyl adjacent to an activating group) is 1. The summed E-state index contributed by atoms with van der Waals surface area (Å²) in [4.78, 5) is 17.5. The van der Waals surface area contributed by atoms with Gasteiger partial charge in [-0.1, -0.05) is 6.07 Å². The number of nitrogens with one attached hydrogen (secondary N) is 1. The Hall–Kier alpha value is -1.46. The molecule has 0 bridgehead atoms. The summed E-state index contributed by atoms with van der Waals surface area (Å²) in [5.41, 5.74) is -0.194. The number of ether oxygens (including phenoxy) is 1. The van der Waals surface area contributed by atoms with Crippen molar-refractivity contribution in [2.45, 2.75) is 12.5 Å². The summed E-state index contributed by atoms with van der Waals surface area (Å²) < 4.78 is 5.59. The average molecular weight is 235 g/mol. The largest absolute Gasteiger partial charge is 0.363 e. The number of nitrogens with zero attached hydrogens (tertiary/aromatic N) is 2.